The summed E-state index contributed by atoms with van der Waals surface area (Å²) >= 11 is 0. The predicted molar refractivity (Wildman–Crippen MR) is 67.0 cm³/mol. The van der Waals surface area contributed by atoms with E-state index in [0.717, 1.165) is 17.7 Å². The summed E-state index contributed by atoms with van der Waals surface area (Å²) in [6.07, 6.45) is 5.93. The van der Waals surface area contributed by atoms with E-state index in [1.807, 2.05) is 19.1 Å². The van der Waals surface area contributed by atoms with Gasteiger partial charge in [0.2, 0.25) is 0 Å². The van der Waals surface area contributed by atoms with E-state index < -0.39 is 0 Å². The van der Waals surface area contributed by atoms with Gasteiger partial charge >= 0.3 is 0 Å². The second-order valence-corrected chi connectivity index (χ2v) is 4.09. The molecule has 5 nitrogen and oxygen atoms in total. The second-order valence-electron chi connectivity index (χ2n) is 4.09. The van der Waals surface area contributed by atoms with Crippen molar-refractivity contribution in [1.29, 1.82) is 0 Å². The van der Waals surface area contributed by atoms with Crippen molar-refractivity contribution >= 4 is 6.29 Å². The Labute approximate surface area is 105 Å². The van der Waals surface area contributed by atoms with Gasteiger partial charge in [-0.1, -0.05) is 6.92 Å². The second kappa shape index (κ2) is 5.55. The minimum atomic E-state index is 0.0817. The van der Waals surface area contributed by atoms with Crippen LogP contribution < -0.4 is 0 Å². The van der Waals surface area contributed by atoms with Gasteiger partial charge in [-0.05, 0) is 12.1 Å². The average molecular weight is 245 g/mol. The van der Waals surface area contributed by atoms with E-state index in [2.05, 4.69) is 10.1 Å². The van der Waals surface area contributed by atoms with E-state index in [-0.39, 0.29) is 5.92 Å². The maximum atomic E-state index is 11.1. The quantitative estimate of drug-likeness (QED) is 0.754. The van der Waals surface area contributed by atoms with Crippen molar-refractivity contribution in [2.24, 2.45) is 0 Å². The maximum absolute atomic E-state index is 11.1. The van der Waals surface area contributed by atoms with Gasteiger partial charge in [-0.2, -0.15) is 5.10 Å². The SMILES string of the molecule is COCC(C)c1nn(-c2ccncc2)cc1C=O. The summed E-state index contributed by atoms with van der Waals surface area (Å²) in [5.74, 6) is 0.0817. The minimum Gasteiger partial charge on any atom is -0.384 e. The first kappa shape index (κ1) is 12.4. The van der Waals surface area contributed by atoms with Crippen LogP contribution >= 0.6 is 0 Å². The van der Waals surface area contributed by atoms with Gasteiger partial charge in [0.1, 0.15) is 0 Å². The lowest BCUT2D eigenvalue weighted by Crippen LogP contribution is -2.05. The van der Waals surface area contributed by atoms with Gasteiger partial charge in [0.25, 0.3) is 0 Å². The zero-order chi connectivity index (χ0) is 13.0. The van der Waals surface area contributed by atoms with Crippen LogP contribution in [0.5, 0.6) is 0 Å². The molecule has 2 heterocycles. The Morgan fingerprint density at radius 2 is 2.17 bits per heavy atom. The normalized spacial score (nSPS) is 12.3. The topological polar surface area (TPSA) is 57.0 Å². The number of pyridine rings is 1. The van der Waals surface area contributed by atoms with Gasteiger partial charge in [0.15, 0.2) is 6.29 Å². The van der Waals surface area contributed by atoms with Gasteiger partial charge in [0.05, 0.1) is 23.6 Å². The number of methoxy groups -OCH3 is 1. The van der Waals surface area contributed by atoms with E-state index >= 15 is 0 Å². The van der Waals surface area contributed by atoms with Crippen molar-refractivity contribution in [2.75, 3.05) is 13.7 Å². The molecule has 1 atom stereocenters. The molecule has 0 aliphatic rings. The van der Waals surface area contributed by atoms with Gasteiger partial charge in [0, 0.05) is 31.6 Å². The number of hydrogen-bond acceptors (Lipinski definition) is 4. The number of hydrogen-bond donors (Lipinski definition) is 0. The molecule has 0 spiro atoms. The molecule has 0 aromatic carbocycles. The third-order valence-corrected chi connectivity index (χ3v) is 2.71. The highest BCUT2D eigenvalue weighted by molar-refractivity contribution is 5.76. The van der Waals surface area contributed by atoms with Crippen molar-refractivity contribution in [3.05, 3.63) is 42.0 Å². The van der Waals surface area contributed by atoms with Crippen molar-refractivity contribution in [1.82, 2.24) is 14.8 Å². The predicted octanol–water partition coefficient (Wildman–Crippen LogP) is 1.83. The van der Waals surface area contributed by atoms with Crippen molar-refractivity contribution in [3.8, 4) is 5.69 Å². The molecule has 0 bridgehead atoms. The van der Waals surface area contributed by atoms with Crippen LogP contribution in [0.15, 0.2) is 30.7 Å². The summed E-state index contributed by atoms with van der Waals surface area (Å²) < 4.78 is 6.78. The fraction of sp³-hybridized carbons (Fsp3) is 0.308. The third-order valence-electron chi connectivity index (χ3n) is 2.71. The Morgan fingerprint density at radius 1 is 1.44 bits per heavy atom. The molecule has 0 amide bonds. The molecule has 0 saturated carbocycles. The lowest BCUT2D eigenvalue weighted by Gasteiger charge is -2.07. The largest absolute Gasteiger partial charge is 0.384 e. The number of aromatic nitrogens is 3. The molecular weight excluding hydrogens is 230 g/mol. The van der Waals surface area contributed by atoms with Gasteiger partial charge in [-0.3, -0.25) is 9.78 Å². The van der Waals surface area contributed by atoms with E-state index in [9.17, 15) is 4.79 Å². The standard InChI is InChI=1S/C13H15N3O2/c1-10(9-18-2)13-11(8-17)7-16(15-13)12-3-5-14-6-4-12/h3-8,10H,9H2,1-2H3. The molecule has 0 saturated heterocycles. The van der Waals surface area contributed by atoms with Gasteiger partial charge < -0.3 is 4.74 Å². The van der Waals surface area contributed by atoms with E-state index in [0.29, 0.717) is 12.2 Å². The first-order chi connectivity index (χ1) is 8.76. The Bertz CT molecular complexity index is 522. The van der Waals surface area contributed by atoms with Crippen LogP contribution in [-0.4, -0.2) is 34.8 Å². The fourth-order valence-corrected chi connectivity index (χ4v) is 1.83. The highest BCUT2D eigenvalue weighted by atomic mass is 16.5. The lowest BCUT2D eigenvalue weighted by molar-refractivity contribution is 0.112. The van der Waals surface area contributed by atoms with Crippen molar-refractivity contribution in [2.45, 2.75) is 12.8 Å². The van der Waals surface area contributed by atoms with Crippen molar-refractivity contribution in [3.63, 3.8) is 0 Å². The Balaban J connectivity index is 2.38. The van der Waals surface area contributed by atoms with Crippen LogP contribution in [0.1, 0.15) is 28.9 Å². The molecule has 2 rings (SSSR count). The van der Waals surface area contributed by atoms with Crippen LogP contribution in [-0.2, 0) is 4.74 Å². The summed E-state index contributed by atoms with van der Waals surface area (Å²) in [5.41, 5.74) is 2.23. The molecule has 1 unspecified atom stereocenters. The molecule has 18 heavy (non-hydrogen) atoms. The molecule has 0 N–H and O–H groups in total. The number of ether oxygens (including phenoxy) is 1. The van der Waals surface area contributed by atoms with E-state index in [1.54, 1.807) is 30.4 Å². The molecule has 0 radical (unpaired) electrons. The summed E-state index contributed by atoms with van der Waals surface area (Å²) in [7, 11) is 1.64. The zero-order valence-electron chi connectivity index (χ0n) is 10.4. The Kier molecular flexibility index (Phi) is 3.84. The van der Waals surface area contributed by atoms with Crippen molar-refractivity contribution < 1.29 is 9.53 Å². The number of nitrogens with zero attached hydrogens (tertiary/aromatic N) is 3. The zero-order valence-corrected chi connectivity index (χ0v) is 10.4. The molecule has 2 aromatic rings. The summed E-state index contributed by atoms with van der Waals surface area (Å²) in [5, 5.41) is 4.45. The summed E-state index contributed by atoms with van der Waals surface area (Å²) in [4.78, 5) is 15.0. The number of aldehydes is 1. The van der Waals surface area contributed by atoms with Crippen LogP contribution in [0.3, 0.4) is 0 Å². The molecule has 0 fully saturated rings. The molecule has 0 aliphatic carbocycles. The summed E-state index contributed by atoms with van der Waals surface area (Å²) in [6, 6.07) is 3.68. The number of rotatable bonds is 5. The monoisotopic (exact) mass is 245 g/mol. The molecule has 94 valence electrons. The van der Waals surface area contributed by atoms with E-state index in [4.69, 9.17) is 4.74 Å². The molecular formula is C13H15N3O2. The highest BCUT2D eigenvalue weighted by Crippen LogP contribution is 2.19. The first-order valence-corrected chi connectivity index (χ1v) is 5.70. The van der Waals surface area contributed by atoms with Gasteiger partial charge in [-0.25, -0.2) is 4.68 Å². The smallest absolute Gasteiger partial charge is 0.153 e. The van der Waals surface area contributed by atoms with E-state index in [1.165, 1.54) is 0 Å². The maximum Gasteiger partial charge on any atom is 0.153 e. The average Bonchev–Trinajstić information content (AvgIpc) is 2.84. The van der Waals surface area contributed by atoms with Crippen LogP contribution in [0.25, 0.3) is 5.69 Å². The molecule has 5 heteroatoms. The Morgan fingerprint density at radius 3 is 2.78 bits per heavy atom. The third kappa shape index (κ3) is 2.46. The van der Waals surface area contributed by atoms with Crippen LogP contribution in [0.4, 0.5) is 0 Å². The first-order valence-electron chi connectivity index (χ1n) is 5.70. The number of carbonyl (C=O) groups excluding carboxylic acids is 1. The molecule has 0 aliphatic heterocycles. The number of carbonyl (C=O) groups is 1. The Hall–Kier alpha value is -2.01. The molecule has 2 aromatic heterocycles. The highest BCUT2D eigenvalue weighted by Gasteiger charge is 2.15. The summed E-state index contributed by atoms with van der Waals surface area (Å²) in [6.45, 7) is 2.52. The fourth-order valence-electron chi connectivity index (χ4n) is 1.83. The van der Waals surface area contributed by atoms with Gasteiger partial charge in [-0.15, -0.1) is 0 Å². The van der Waals surface area contributed by atoms with Crippen LogP contribution in [0, 0.1) is 0 Å². The minimum absolute atomic E-state index is 0.0817. The lowest BCUT2D eigenvalue weighted by atomic mass is 10.1. The van der Waals surface area contributed by atoms with Crippen LogP contribution in [0.2, 0.25) is 0 Å².